The van der Waals surface area contributed by atoms with Gasteiger partial charge < -0.3 is 20.5 Å². The zero-order chi connectivity index (χ0) is 17.3. The lowest BCUT2D eigenvalue weighted by molar-refractivity contribution is -0.128. The number of primary amides is 1. The quantitative estimate of drug-likeness (QED) is 0.856. The molecule has 0 saturated carbocycles. The number of carbonyl (C=O) groups is 3. The molecule has 0 aliphatic carbocycles. The standard InChI is InChI=1S/C17H18N4O3/c1-20-10-12(15(18)22)9-13(20)17(24)21-8-7-19-16(23)14(21)11-5-3-2-4-6-11/h2-6,9-10,14H,7-8H2,1H3,(H2,18,22)(H,19,23). The Hall–Kier alpha value is -3.09. The predicted molar refractivity (Wildman–Crippen MR) is 87.2 cm³/mol. The molecule has 0 radical (unpaired) electrons. The molecule has 0 spiro atoms. The molecular formula is C17H18N4O3. The van der Waals surface area contributed by atoms with Gasteiger partial charge >= 0.3 is 0 Å². The van der Waals surface area contributed by atoms with E-state index in [1.807, 2.05) is 30.3 Å². The third-order valence-corrected chi connectivity index (χ3v) is 4.10. The summed E-state index contributed by atoms with van der Waals surface area (Å²) in [6.07, 6.45) is 1.51. The molecule has 1 aliphatic rings. The van der Waals surface area contributed by atoms with Crippen molar-refractivity contribution >= 4 is 17.7 Å². The van der Waals surface area contributed by atoms with Crippen molar-refractivity contribution in [1.29, 1.82) is 0 Å². The van der Waals surface area contributed by atoms with Crippen LogP contribution >= 0.6 is 0 Å². The lowest BCUT2D eigenvalue weighted by atomic mass is 10.0. The fourth-order valence-corrected chi connectivity index (χ4v) is 2.91. The zero-order valence-electron chi connectivity index (χ0n) is 13.2. The number of amides is 3. The third-order valence-electron chi connectivity index (χ3n) is 4.10. The van der Waals surface area contributed by atoms with Crippen LogP contribution in [0.15, 0.2) is 42.6 Å². The molecule has 2 heterocycles. The second kappa shape index (κ2) is 6.19. The van der Waals surface area contributed by atoms with Crippen LogP contribution in [0, 0.1) is 0 Å². The number of aromatic nitrogens is 1. The molecule has 1 saturated heterocycles. The molecule has 1 fully saturated rings. The second-order valence-electron chi connectivity index (χ2n) is 5.69. The summed E-state index contributed by atoms with van der Waals surface area (Å²) in [5.74, 6) is -1.13. The van der Waals surface area contributed by atoms with Crippen LogP contribution < -0.4 is 11.1 Å². The summed E-state index contributed by atoms with van der Waals surface area (Å²) in [6, 6.07) is 9.90. The van der Waals surface area contributed by atoms with Gasteiger partial charge in [-0.25, -0.2) is 0 Å². The first-order valence-corrected chi connectivity index (χ1v) is 7.59. The molecule has 24 heavy (non-hydrogen) atoms. The summed E-state index contributed by atoms with van der Waals surface area (Å²) in [7, 11) is 1.67. The number of rotatable bonds is 3. The summed E-state index contributed by atoms with van der Waals surface area (Å²) in [5, 5.41) is 2.79. The average molecular weight is 326 g/mol. The Labute approximate surface area is 139 Å². The van der Waals surface area contributed by atoms with E-state index in [0.29, 0.717) is 18.8 Å². The van der Waals surface area contributed by atoms with Crippen molar-refractivity contribution in [1.82, 2.24) is 14.8 Å². The molecule has 124 valence electrons. The third kappa shape index (κ3) is 2.76. The molecular weight excluding hydrogens is 308 g/mol. The Bertz CT molecular complexity index is 797. The van der Waals surface area contributed by atoms with E-state index in [2.05, 4.69) is 5.32 Å². The molecule has 3 amide bonds. The monoisotopic (exact) mass is 326 g/mol. The van der Waals surface area contributed by atoms with E-state index in [0.717, 1.165) is 5.56 Å². The van der Waals surface area contributed by atoms with Crippen LogP contribution in [0.25, 0.3) is 0 Å². The van der Waals surface area contributed by atoms with E-state index in [9.17, 15) is 14.4 Å². The molecule has 7 nitrogen and oxygen atoms in total. The number of hydrogen-bond acceptors (Lipinski definition) is 3. The molecule has 3 N–H and O–H groups in total. The lowest BCUT2D eigenvalue weighted by Gasteiger charge is -2.35. The topological polar surface area (TPSA) is 97.4 Å². The van der Waals surface area contributed by atoms with Crippen LogP contribution in [0.4, 0.5) is 0 Å². The first kappa shape index (κ1) is 15.8. The predicted octanol–water partition coefficient (Wildman–Crippen LogP) is 0.437. The molecule has 1 aliphatic heterocycles. The Morgan fingerprint density at radius 3 is 2.58 bits per heavy atom. The number of carbonyl (C=O) groups excluding carboxylic acids is 3. The molecule has 2 aromatic rings. The van der Waals surface area contributed by atoms with Crippen molar-refractivity contribution in [3.8, 4) is 0 Å². The van der Waals surface area contributed by atoms with Crippen LogP contribution in [-0.2, 0) is 11.8 Å². The Morgan fingerprint density at radius 1 is 1.25 bits per heavy atom. The largest absolute Gasteiger partial charge is 0.366 e. The first-order valence-electron chi connectivity index (χ1n) is 7.59. The van der Waals surface area contributed by atoms with Crippen LogP contribution in [0.2, 0.25) is 0 Å². The molecule has 1 aromatic carbocycles. The summed E-state index contributed by atoms with van der Waals surface area (Å²) < 4.78 is 1.55. The minimum atomic E-state index is -0.695. The maximum Gasteiger partial charge on any atom is 0.271 e. The van der Waals surface area contributed by atoms with Crippen LogP contribution in [-0.4, -0.2) is 40.3 Å². The van der Waals surface area contributed by atoms with E-state index in [1.165, 1.54) is 17.2 Å². The number of nitrogens with zero attached hydrogens (tertiary/aromatic N) is 2. The smallest absolute Gasteiger partial charge is 0.271 e. The summed E-state index contributed by atoms with van der Waals surface area (Å²) in [4.78, 5) is 38.2. The molecule has 3 rings (SSSR count). The van der Waals surface area contributed by atoms with E-state index < -0.39 is 11.9 Å². The highest BCUT2D eigenvalue weighted by Gasteiger charge is 2.35. The molecule has 1 aromatic heterocycles. The van der Waals surface area contributed by atoms with Crippen molar-refractivity contribution < 1.29 is 14.4 Å². The number of nitrogens with one attached hydrogen (secondary N) is 1. The van der Waals surface area contributed by atoms with Gasteiger partial charge in [-0.3, -0.25) is 14.4 Å². The van der Waals surface area contributed by atoms with E-state index in [1.54, 1.807) is 11.6 Å². The summed E-state index contributed by atoms with van der Waals surface area (Å²) in [5.41, 5.74) is 6.60. The van der Waals surface area contributed by atoms with Gasteiger partial charge in [-0.15, -0.1) is 0 Å². The van der Waals surface area contributed by atoms with Gasteiger partial charge in [0.15, 0.2) is 0 Å². The van der Waals surface area contributed by atoms with Crippen molar-refractivity contribution in [2.45, 2.75) is 6.04 Å². The van der Waals surface area contributed by atoms with Crippen molar-refractivity contribution in [3.63, 3.8) is 0 Å². The van der Waals surface area contributed by atoms with Gasteiger partial charge in [-0.1, -0.05) is 30.3 Å². The highest BCUT2D eigenvalue weighted by Crippen LogP contribution is 2.25. The highest BCUT2D eigenvalue weighted by molar-refractivity contribution is 6.00. The normalized spacial score (nSPS) is 17.5. The van der Waals surface area contributed by atoms with E-state index in [4.69, 9.17) is 5.73 Å². The number of piperazine rings is 1. The average Bonchev–Trinajstić information content (AvgIpc) is 2.97. The van der Waals surface area contributed by atoms with Gasteiger partial charge in [0.25, 0.3) is 5.91 Å². The number of benzene rings is 1. The first-order chi connectivity index (χ1) is 11.5. The fourth-order valence-electron chi connectivity index (χ4n) is 2.91. The highest BCUT2D eigenvalue weighted by atomic mass is 16.2. The Morgan fingerprint density at radius 2 is 1.96 bits per heavy atom. The van der Waals surface area contributed by atoms with Gasteiger partial charge in [-0.05, 0) is 11.6 Å². The van der Waals surface area contributed by atoms with Crippen LogP contribution in [0.1, 0.15) is 32.5 Å². The van der Waals surface area contributed by atoms with E-state index >= 15 is 0 Å². The van der Waals surface area contributed by atoms with Gasteiger partial charge in [0.2, 0.25) is 11.8 Å². The SMILES string of the molecule is Cn1cc(C(N)=O)cc1C(=O)N1CCNC(=O)C1c1ccccc1. The summed E-state index contributed by atoms with van der Waals surface area (Å²) >= 11 is 0. The number of hydrogen-bond donors (Lipinski definition) is 2. The van der Waals surface area contributed by atoms with Gasteiger partial charge in [0.05, 0.1) is 5.56 Å². The maximum absolute atomic E-state index is 13.0. The van der Waals surface area contributed by atoms with Crippen molar-refractivity contribution in [2.24, 2.45) is 12.8 Å². The van der Waals surface area contributed by atoms with E-state index in [-0.39, 0.29) is 17.4 Å². The summed E-state index contributed by atoms with van der Waals surface area (Å²) in [6.45, 7) is 0.780. The van der Waals surface area contributed by atoms with Crippen LogP contribution in [0.5, 0.6) is 0 Å². The zero-order valence-corrected chi connectivity index (χ0v) is 13.2. The molecule has 7 heteroatoms. The Balaban J connectivity index is 1.97. The number of nitrogens with two attached hydrogens (primary N) is 1. The Kier molecular flexibility index (Phi) is 4.07. The lowest BCUT2D eigenvalue weighted by Crippen LogP contribution is -2.52. The second-order valence-corrected chi connectivity index (χ2v) is 5.69. The molecule has 1 unspecified atom stereocenters. The van der Waals surface area contributed by atoms with Crippen molar-refractivity contribution in [3.05, 3.63) is 59.4 Å². The fraction of sp³-hybridized carbons (Fsp3) is 0.235. The van der Waals surface area contributed by atoms with Crippen molar-refractivity contribution in [2.75, 3.05) is 13.1 Å². The van der Waals surface area contributed by atoms with Gasteiger partial charge in [0.1, 0.15) is 11.7 Å². The minimum absolute atomic E-state index is 0.217. The molecule has 0 bridgehead atoms. The van der Waals surface area contributed by atoms with Gasteiger partial charge in [-0.2, -0.15) is 0 Å². The maximum atomic E-state index is 13.0. The number of aryl methyl sites for hydroxylation is 1. The minimum Gasteiger partial charge on any atom is -0.366 e. The van der Waals surface area contributed by atoms with Gasteiger partial charge in [0, 0.05) is 26.3 Å². The molecule has 1 atom stereocenters. The van der Waals surface area contributed by atoms with Crippen LogP contribution in [0.3, 0.4) is 0 Å².